The van der Waals surface area contributed by atoms with Crippen molar-refractivity contribution in [3.63, 3.8) is 0 Å². The molecule has 0 aliphatic carbocycles. The van der Waals surface area contributed by atoms with E-state index in [4.69, 9.17) is 4.99 Å². The van der Waals surface area contributed by atoms with Crippen molar-refractivity contribution in [3.8, 4) is 5.75 Å². The Bertz CT molecular complexity index is 970. The fourth-order valence-electron chi connectivity index (χ4n) is 3.32. The third kappa shape index (κ3) is 3.94. The van der Waals surface area contributed by atoms with Gasteiger partial charge in [-0.2, -0.15) is 0 Å². The van der Waals surface area contributed by atoms with E-state index in [1.165, 1.54) is 12.1 Å². The molecule has 1 heterocycles. The predicted octanol–water partition coefficient (Wildman–Crippen LogP) is 5.52. The van der Waals surface area contributed by atoms with Gasteiger partial charge in [0.05, 0.1) is 0 Å². The maximum atomic E-state index is 13.3. The molecule has 2 N–H and O–H groups in total. The second-order valence-corrected chi connectivity index (χ2v) is 7.43. The summed E-state index contributed by atoms with van der Waals surface area (Å²) in [6, 6.07) is 21.6. The molecule has 136 valence electrons. The molecule has 3 aromatic rings. The van der Waals surface area contributed by atoms with E-state index in [0.29, 0.717) is 6.42 Å². The summed E-state index contributed by atoms with van der Waals surface area (Å²) in [6.45, 7) is 0. The molecule has 27 heavy (non-hydrogen) atoms. The van der Waals surface area contributed by atoms with Crippen molar-refractivity contribution < 1.29 is 9.50 Å². The Labute approximate surface area is 165 Å². The first-order valence-electron chi connectivity index (χ1n) is 8.72. The van der Waals surface area contributed by atoms with Crippen molar-refractivity contribution >= 4 is 21.6 Å². The summed E-state index contributed by atoms with van der Waals surface area (Å²) >= 11 is 3.46. The van der Waals surface area contributed by atoms with Crippen LogP contribution in [-0.2, 0) is 0 Å². The summed E-state index contributed by atoms with van der Waals surface area (Å²) in [5.41, 5.74) is 3.69. The van der Waals surface area contributed by atoms with Crippen molar-refractivity contribution in [1.82, 2.24) is 5.32 Å². The van der Waals surface area contributed by atoms with E-state index >= 15 is 0 Å². The van der Waals surface area contributed by atoms with E-state index in [-0.39, 0.29) is 23.8 Å². The SMILES string of the molecule is Oc1ccccc1C1CC(c2ccc(Br)cc2)=NC(c2ccc(F)cc2)N1. The van der Waals surface area contributed by atoms with E-state index in [1.807, 2.05) is 42.5 Å². The molecule has 2 unspecified atom stereocenters. The van der Waals surface area contributed by atoms with Gasteiger partial charge in [-0.25, -0.2) is 4.39 Å². The van der Waals surface area contributed by atoms with Crippen LogP contribution in [0.25, 0.3) is 0 Å². The van der Waals surface area contributed by atoms with Gasteiger partial charge in [-0.15, -0.1) is 0 Å². The van der Waals surface area contributed by atoms with Crippen molar-refractivity contribution in [2.45, 2.75) is 18.6 Å². The summed E-state index contributed by atoms with van der Waals surface area (Å²) in [7, 11) is 0. The van der Waals surface area contributed by atoms with Gasteiger partial charge < -0.3 is 5.11 Å². The summed E-state index contributed by atoms with van der Waals surface area (Å²) in [5.74, 6) is -0.0196. The van der Waals surface area contributed by atoms with Crippen LogP contribution in [0.2, 0.25) is 0 Å². The van der Waals surface area contributed by atoms with E-state index in [0.717, 1.165) is 26.9 Å². The largest absolute Gasteiger partial charge is 0.508 e. The number of halogens is 2. The number of hydrogen-bond acceptors (Lipinski definition) is 3. The van der Waals surface area contributed by atoms with Gasteiger partial charge in [-0.3, -0.25) is 10.3 Å². The Hall–Kier alpha value is -2.50. The first-order chi connectivity index (χ1) is 13.1. The molecule has 0 saturated heterocycles. The Morgan fingerprint density at radius 3 is 2.37 bits per heavy atom. The number of phenolic OH excluding ortho intramolecular Hbond substituents is 1. The second-order valence-electron chi connectivity index (χ2n) is 6.52. The van der Waals surface area contributed by atoms with Gasteiger partial charge in [0.2, 0.25) is 0 Å². The third-order valence-corrected chi connectivity index (χ3v) is 5.25. The molecular formula is C22H18BrFN2O. The van der Waals surface area contributed by atoms with Gasteiger partial charge in [0, 0.05) is 28.2 Å². The number of hydrogen-bond donors (Lipinski definition) is 2. The number of phenols is 1. The van der Waals surface area contributed by atoms with Gasteiger partial charge in [0.25, 0.3) is 0 Å². The molecule has 2 atom stereocenters. The highest BCUT2D eigenvalue weighted by Gasteiger charge is 2.27. The van der Waals surface area contributed by atoms with Gasteiger partial charge in [0.15, 0.2) is 0 Å². The monoisotopic (exact) mass is 424 g/mol. The van der Waals surface area contributed by atoms with Gasteiger partial charge in [-0.05, 0) is 41.5 Å². The zero-order chi connectivity index (χ0) is 18.8. The van der Waals surface area contributed by atoms with Gasteiger partial charge >= 0.3 is 0 Å². The molecule has 3 nitrogen and oxygen atoms in total. The van der Waals surface area contributed by atoms with Crippen LogP contribution in [-0.4, -0.2) is 10.8 Å². The Kier molecular flexibility index (Phi) is 5.05. The quantitative estimate of drug-likeness (QED) is 0.581. The number of benzene rings is 3. The molecule has 4 rings (SSSR count). The van der Waals surface area contributed by atoms with Crippen molar-refractivity contribution in [3.05, 3.63) is 99.8 Å². The lowest BCUT2D eigenvalue weighted by atomic mass is 9.93. The summed E-state index contributed by atoms with van der Waals surface area (Å²) in [4.78, 5) is 4.87. The highest BCUT2D eigenvalue weighted by molar-refractivity contribution is 9.10. The van der Waals surface area contributed by atoms with Crippen molar-refractivity contribution in [2.24, 2.45) is 4.99 Å². The number of aliphatic imine (C=N–C) groups is 1. The molecule has 0 radical (unpaired) electrons. The van der Waals surface area contributed by atoms with Crippen LogP contribution < -0.4 is 5.32 Å². The first kappa shape index (κ1) is 17.9. The fraction of sp³-hybridized carbons (Fsp3) is 0.136. The van der Waals surface area contributed by atoms with E-state index < -0.39 is 0 Å². The number of aromatic hydroxyl groups is 1. The topological polar surface area (TPSA) is 44.6 Å². The molecule has 0 spiro atoms. The van der Waals surface area contributed by atoms with Crippen LogP contribution in [0.1, 0.15) is 35.3 Å². The number of rotatable bonds is 3. The lowest BCUT2D eigenvalue weighted by Crippen LogP contribution is -2.33. The number of nitrogens with zero attached hydrogens (tertiary/aromatic N) is 1. The van der Waals surface area contributed by atoms with Crippen molar-refractivity contribution in [2.75, 3.05) is 0 Å². The summed E-state index contributed by atoms with van der Waals surface area (Å²) < 4.78 is 14.3. The van der Waals surface area contributed by atoms with Crippen LogP contribution in [0, 0.1) is 5.82 Å². The Balaban J connectivity index is 1.75. The molecule has 0 amide bonds. The summed E-state index contributed by atoms with van der Waals surface area (Å²) in [5, 5.41) is 13.8. The lowest BCUT2D eigenvalue weighted by molar-refractivity contribution is 0.412. The molecule has 1 aliphatic rings. The third-order valence-electron chi connectivity index (χ3n) is 4.72. The molecule has 0 aromatic heterocycles. The lowest BCUT2D eigenvalue weighted by Gasteiger charge is -2.31. The predicted molar refractivity (Wildman–Crippen MR) is 108 cm³/mol. The van der Waals surface area contributed by atoms with E-state index in [2.05, 4.69) is 21.2 Å². The minimum atomic E-state index is -0.317. The average Bonchev–Trinajstić information content (AvgIpc) is 2.69. The standard InChI is InChI=1S/C22H18BrFN2O/c23-16-9-5-14(6-10-16)19-13-20(18-3-1-2-4-21(18)27)26-22(25-19)15-7-11-17(24)12-8-15/h1-12,20,22,26-27H,13H2. The number of nitrogens with one attached hydrogen (secondary N) is 1. The van der Waals surface area contributed by atoms with Crippen molar-refractivity contribution in [1.29, 1.82) is 0 Å². The Morgan fingerprint density at radius 2 is 1.67 bits per heavy atom. The zero-order valence-corrected chi connectivity index (χ0v) is 16.0. The van der Waals surface area contributed by atoms with Crippen LogP contribution in [0.5, 0.6) is 5.75 Å². The fourth-order valence-corrected chi connectivity index (χ4v) is 3.59. The molecule has 5 heteroatoms. The van der Waals surface area contributed by atoms with Gasteiger partial charge in [0.1, 0.15) is 17.7 Å². The zero-order valence-electron chi connectivity index (χ0n) is 14.4. The minimum absolute atomic E-state index is 0.0996. The average molecular weight is 425 g/mol. The molecule has 3 aromatic carbocycles. The molecule has 0 fully saturated rings. The highest BCUT2D eigenvalue weighted by Crippen LogP contribution is 2.34. The normalized spacial score (nSPS) is 19.6. The van der Waals surface area contributed by atoms with E-state index in [1.54, 1.807) is 18.2 Å². The number of para-hydroxylation sites is 1. The molecule has 0 saturated carbocycles. The Morgan fingerprint density at radius 1 is 0.963 bits per heavy atom. The summed E-state index contributed by atoms with van der Waals surface area (Å²) in [6.07, 6.45) is 0.333. The maximum absolute atomic E-state index is 13.3. The van der Waals surface area contributed by atoms with Crippen LogP contribution in [0.4, 0.5) is 4.39 Å². The van der Waals surface area contributed by atoms with Crippen LogP contribution in [0.15, 0.2) is 82.3 Å². The molecular weight excluding hydrogens is 407 g/mol. The highest BCUT2D eigenvalue weighted by atomic mass is 79.9. The smallest absolute Gasteiger partial charge is 0.126 e. The second kappa shape index (κ2) is 7.62. The molecule has 1 aliphatic heterocycles. The first-order valence-corrected chi connectivity index (χ1v) is 9.51. The maximum Gasteiger partial charge on any atom is 0.126 e. The van der Waals surface area contributed by atoms with Crippen LogP contribution in [0.3, 0.4) is 0 Å². The van der Waals surface area contributed by atoms with Crippen LogP contribution >= 0.6 is 15.9 Å². The van der Waals surface area contributed by atoms with E-state index in [9.17, 15) is 9.50 Å². The van der Waals surface area contributed by atoms with Gasteiger partial charge in [-0.1, -0.05) is 58.4 Å². The molecule has 0 bridgehead atoms. The minimum Gasteiger partial charge on any atom is -0.508 e.